The fourth-order valence-corrected chi connectivity index (χ4v) is 3.01. The number of rotatable bonds is 4. The molecule has 1 aliphatic rings. The Labute approximate surface area is 129 Å². The summed E-state index contributed by atoms with van der Waals surface area (Å²) in [4.78, 5) is 13.7. The molecule has 0 spiro atoms. The third-order valence-electron chi connectivity index (χ3n) is 4.04. The topological polar surface area (TPSA) is 32.3 Å². The molecule has 2 atom stereocenters. The molecule has 1 heterocycles. The molecule has 1 fully saturated rings. The number of piperidine rings is 1. The normalized spacial score (nSPS) is 22.9. The molecule has 1 aliphatic heterocycles. The van der Waals surface area contributed by atoms with E-state index in [1.807, 2.05) is 11.8 Å². The van der Waals surface area contributed by atoms with E-state index in [1.54, 1.807) is 0 Å². The van der Waals surface area contributed by atoms with E-state index in [0.29, 0.717) is 18.4 Å². The second-order valence-corrected chi connectivity index (χ2v) is 6.49. The lowest BCUT2D eigenvalue weighted by molar-refractivity contribution is -0.132. The number of hydrogen-bond acceptors (Lipinski definition) is 2. The SMILES string of the molecule is CCC(=O)N1CCC(NCc2ccc(Br)cc2)C(C)C1. The van der Waals surface area contributed by atoms with Gasteiger partial charge in [0, 0.05) is 36.6 Å². The second-order valence-electron chi connectivity index (χ2n) is 5.57. The highest BCUT2D eigenvalue weighted by molar-refractivity contribution is 9.10. The van der Waals surface area contributed by atoms with Gasteiger partial charge in [-0.05, 0) is 30.0 Å². The lowest BCUT2D eigenvalue weighted by atomic mass is 9.93. The van der Waals surface area contributed by atoms with Crippen molar-refractivity contribution in [2.24, 2.45) is 5.92 Å². The van der Waals surface area contributed by atoms with Gasteiger partial charge in [-0.25, -0.2) is 0 Å². The number of nitrogens with one attached hydrogen (secondary N) is 1. The maximum Gasteiger partial charge on any atom is 0.222 e. The zero-order valence-corrected chi connectivity index (χ0v) is 13.8. The molecule has 2 rings (SSSR count). The number of hydrogen-bond donors (Lipinski definition) is 1. The molecule has 2 unspecified atom stereocenters. The van der Waals surface area contributed by atoms with E-state index in [1.165, 1.54) is 5.56 Å². The quantitative estimate of drug-likeness (QED) is 0.914. The lowest BCUT2D eigenvalue weighted by Crippen LogP contribution is -2.49. The van der Waals surface area contributed by atoms with Gasteiger partial charge in [-0.15, -0.1) is 0 Å². The molecule has 3 nitrogen and oxygen atoms in total. The Kier molecular flexibility index (Phi) is 5.61. The minimum atomic E-state index is 0.281. The van der Waals surface area contributed by atoms with Crippen LogP contribution in [0.15, 0.2) is 28.7 Å². The van der Waals surface area contributed by atoms with Crippen LogP contribution in [0.5, 0.6) is 0 Å². The van der Waals surface area contributed by atoms with E-state index in [2.05, 4.69) is 52.4 Å². The minimum Gasteiger partial charge on any atom is -0.342 e. The fourth-order valence-electron chi connectivity index (χ4n) is 2.75. The van der Waals surface area contributed by atoms with Gasteiger partial charge in [0.1, 0.15) is 0 Å². The predicted octanol–water partition coefficient (Wildman–Crippen LogP) is 3.19. The molecule has 1 saturated heterocycles. The zero-order chi connectivity index (χ0) is 14.5. The summed E-state index contributed by atoms with van der Waals surface area (Å²) in [6, 6.07) is 8.92. The first-order valence-corrected chi connectivity index (χ1v) is 8.15. The highest BCUT2D eigenvalue weighted by Gasteiger charge is 2.27. The van der Waals surface area contributed by atoms with E-state index in [0.717, 1.165) is 30.5 Å². The molecule has 1 amide bonds. The molecule has 20 heavy (non-hydrogen) atoms. The highest BCUT2D eigenvalue weighted by atomic mass is 79.9. The number of benzene rings is 1. The summed E-state index contributed by atoms with van der Waals surface area (Å²) in [5, 5.41) is 3.63. The molecule has 1 N–H and O–H groups in total. The van der Waals surface area contributed by atoms with Crippen LogP contribution in [0.1, 0.15) is 32.3 Å². The van der Waals surface area contributed by atoms with Crippen LogP contribution in [0.2, 0.25) is 0 Å². The largest absolute Gasteiger partial charge is 0.342 e. The fraction of sp³-hybridized carbons (Fsp3) is 0.562. The Bertz CT molecular complexity index is 446. The van der Waals surface area contributed by atoms with Crippen LogP contribution < -0.4 is 5.32 Å². The van der Waals surface area contributed by atoms with Crippen molar-refractivity contribution in [2.45, 2.75) is 39.3 Å². The van der Waals surface area contributed by atoms with Gasteiger partial charge in [0.05, 0.1) is 0 Å². The van der Waals surface area contributed by atoms with Crippen molar-refractivity contribution in [3.63, 3.8) is 0 Å². The van der Waals surface area contributed by atoms with Crippen molar-refractivity contribution in [1.29, 1.82) is 0 Å². The van der Waals surface area contributed by atoms with Gasteiger partial charge in [-0.2, -0.15) is 0 Å². The van der Waals surface area contributed by atoms with Crippen molar-refractivity contribution >= 4 is 21.8 Å². The number of carbonyl (C=O) groups is 1. The summed E-state index contributed by atoms with van der Waals surface area (Å²) in [6.45, 7) is 6.82. The second kappa shape index (κ2) is 7.23. The van der Waals surface area contributed by atoms with Crippen LogP contribution in [0.4, 0.5) is 0 Å². The lowest BCUT2D eigenvalue weighted by Gasteiger charge is -2.37. The highest BCUT2D eigenvalue weighted by Crippen LogP contribution is 2.18. The average Bonchev–Trinajstić information content (AvgIpc) is 2.46. The molecule has 0 aliphatic carbocycles. The van der Waals surface area contributed by atoms with Crippen molar-refractivity contribution in [3.8, 4) is 0 Å². The molecule has 0 saturated carbocycles. The Balaban J connectivity index is 1.83. The summed E-state index contributed by atoms with van der Waals surface area (Å²) in [5.41, 5.74) is 1.30. The van der Waals surface area contributed by atoms with E-state index < -0.39 is 0 Å². The van der Waals surface area contributed by atoms with Crippen molar-refractivity contribution in [3.05, 3.63) is 34.3 Å². The van der Waals surface area contributed by atoms with Gasteiger partial charge in [-0.3, -0.25) is 4.79 Å². The van der Waals surface area contributed by atoms with Gasteiger partial charge in [-0.1, -0.05) is 41.9 Å². The van der Waals surface area contributed by atoms with Crippen LogP contribution in [0.25, 0.3) is 0 Å². The summed E-state index contributed by atoms with van der Waals surface area (Å²) in [7, 11) is 0. The molecule has 0 aromatic heterocycles. The summed E-state index contributed by atoms with van der Waals surface area (Å²) >= 11 is 3.45. The maximum atomic E-state index is 11.7. The Morgan fingerprint density at radius 2 is 2.10 bits per heavy atom. The molecular formula is C16H23BrN2O. The van der Waals surface area contributed by atoms with Gasteiger partial charge in [0.25, 0.3) is 0 Å². The third-order valence-corrected chi connectivity index (χ3v) is 4.57. The van der Waals surface area contributed by atoms with Crippen LogP contribution in [0.3, 0.4) is 0 Å². The van der Waals surface area contributed by atoms with Crippen LogP contribution in [0, 0.1) is 5.92 Å². The average molecular weight is 339 g/mol. The summed E-state index contributed by atoms with van der Waals surface area (Å²) in [6.07, 6.45) is 1.66. The number of amides is 1. The van der Waals surface area contributed by atoms with Crippen molar-refractivity contribution in [2.75, 3.05) is 13.1 Å². The molecule has 4 heteroatoms. The van der Waals surface area contributed by atoms with E-state index in [4.69, 9.17) is 0 Å². The van der Waals surface area contributed by atoms with Crippen LogP contribution in [-0.2, 0) is 11.3 Å². The van der Waals surface area contributed by atoms with Crippen molar-refractivity contribution in [1.82, 2.24) is 10.2 Å². The van der Waals surface area contributed by atoms with Gasteiger partial charge in [0.2, 0.25) is 5.91 Å². The summed E-state index contributed by atoms with van der Waals surface area (Å²) in [5.74, 6) is 0.790. The Morgan fingerprint density at radius 3 is 2.70 bits per heavy atom. The molecule has 1 aromatic rings. The molecule has 0 radical (unpaired) electrons. The minimum absolute atomic E-state index is 0.281. The monoisotopic (exact) mass is 338 g/mol. The number of halogens is 1. The smallest absolute Gasteiger partial charge is 0.222 e. The van der Waals surface area contributed by atoms with E-state index in [-0.39, 0.29) is 5.91 Å². The van der Waals surface area contributed by atoms with Crippen LogP contribution in [-0.4, -0.2) is 29.9 Å². The standard InChI is InChI=1S/C16H23BrN2O/c1-3-16(20)19-9-8-15(12(2)11-19)18-10-13-4-6-14(17)7-5-13/h4-7,12,15,18H,3,8-11H2,1-2H3. The Morgan fingerprint density at radius 1 is 1.40 bits per heavy atom. The van der Waals surface area contributed by atoms with Gasteiger partial charge >= 0.3 is 0 Å². The summed E-state index contributed by atoms with van der Waals surface area (Å²) < 4.78 is 1.11. The van der Waals surface area contributed by atoms with E-state index in [9.17, 15) is 4.79 Å². The van der Waals surface area contributed by atoms with E-state index >= 15 is 0 Å². The molecular weight excluding hydrogens is 316 g/mol. The van der Waals surface area contributed by atoms with Gasteiger partial charge in [0.15, 0.2) is 0 Å². The molecule has 0 bridgehead atoms. The van der Waals surface area contributed by atoms with Gasteiger partial charge < -0.3 is 10.2 Å². The third kappa shape index (κ3) is 4.06. The predicted molar refractivity (Wildman–Crippen MR) is 85.4 cm³/mol. The first kappa shape index (κ1) is 15.5. The number of nitrogens with zero attached hydrogens (tertiary/aromatic N) is 1. The number of likely N-dealkylation sites (tertiary alicyclic amines) is 1. The Hall–Kier alpha value is -0.870. The van der Waals surface area contributed by atoms with Crippen molar-refractivity contribution < 1.29 is 4.79 Å². The zero-order valence-electron chi connectivity index (χ0n) is 12.2. The first-order valence-electron chi connectivity index (χ1n) is 7.35. The van der Waals surface area contributed by atoms with Crippen LogP contribution >= 0.6 is 15.9 Å². The first-order chi connectivity index (χ1) is 9.60. The molecule has 1 aromatic carbocycles. The molecule has 110 valence electrons. The maximum absolute atomic E-state index is 11.7. The number of carbonyl (C=O) groups excluding carboxylic acids is 1.